The average molecular weight is 193 g/mol. The molecule has 0 bridgehead atoms. The third-order valence-electron chi connectivity index (χ3n) is 3.55. The Hall–Kier alpha value is -0.760. The first-order valence-corrected chi connectivity index (χ1v) is 5.53. The molecule has 1 heterocycles. The van der Waals surface area contributed by atoms with Gasteiger partial charge in [-0.1, -0.05) is 19.3 Å². The summed E-state index contributed by atoms with van der Waals surface area (Å²) in [4.78, 5) is 0. The van der Waals surface area contributed by atoms with E-state index in [-0.39, 0.29) is 5.41 Å². The number of furan rings is 1. The maximum absolute atomic E-state index is 5.94. The van der Waals surface area contributed by atoms with Crippen molar-refractivity contribution < 1.29 is 4.42 Å². The summed E-state index contributed by atoms with van der Waals surface area (Å²) in [5.74, 6) is 1.14. The highest BCUT2D eigenvalue weighted by molar-refractivity contribution is 5.25. The van der Waals surface area contributed by atoms with E-state index in [9.17, 15) is 0 Å². The van der Waals surface area contributed by atoms with Crippen molar-refractivity contribution in [1.29, 1.82) is 0 Å². The van der Waals surface area contributed by atoms with Gasteiger partial charge in [0.15, 0.2) is 0 Å². The smallest absolute Gasteiger partial charge is 0.114 e. The second kappa shape index (κ2) is 3.77. The van der Waals surface area contributed by atoms with E-state index in [0.717, 1.165) is 12.3 Å². The van der Waals surface area contributed by atoms with Crippen molar-refractivity contribution in [2.45, 2.75) is 44.4 Å². The molecule has 0 spiro atoms. The molecule has 2 nitrogen and oxygen atoms in total. The Morgan fingerprint density at radius 2 is 2.07 bits per heavy atom. The zero-order chi connectivity index (χ0) is 10.0. The molecule has 0 atom stereocenters. The van der Waals surface area contributed by atoms with Crippen LogP contribution in [-0.4, -0.2) is 6.54 Å². The predicted octanol–water partition coefficient (Wildman–Crippen LogP) is 2.75. The van der Waals surface area contributed by atoms with E-state index in [2.05, 4.69) is 6.92 Å². The Kier molecular flexibility index (Phi) is 2.64. The molecule has 1 fully saturated rings. The largest absolute Gasteiger partial charge is 0.468 e. The minimum Gasteiger partial charge on any atom is -0.468 e. The Balaban J connectivity index is 2.31. The summed E-state index contributed by atoms with van der Waals surface area (Å²) >= 11 is 0. The van der Waals surface area contributed by atoms with Crippen molar-refractivity contribution in [2.24, 2.45) is 5.73 Å². The van der Waals surface area contributed by atoms with Crippen LogP contribution in [0.25, 0.3) is 0 Å². The van der Waals surface area contributed by atoms with E-state index >= 15 is 0 Å². The molecule has 0 aliphatic heterocycles. The lowest BCUT2D eigenvalue weighted by Gasteiger charge is -2.34. The highest BCUT2D eigenvalue weighted by atomic mass is 16.3. The first kappa shape index (κ1) is 9.78. The highest BCUT2D eigenvalue weighted by Gasteiger charge is 2.36. The van der Waals surface area contributed by atoms with Crippen LogP contribution in [0.3, 0.4) is 0 Å². The van der Waals surface area contributed by atoms with Crippen molar-refractivity contribution in [3.05, 3.63) is 23.7 Å². The van der Waals surface area contributed by atoms with Crippen LogP contribution in [0, 0.1) is 6.92 Å². The number of aryl methyl sites for hydroxylation is 1. The van der Waals surface area contributed by atoms with Gasteiger partial charge in [-0.15, -0.1) is 0 Å². The first-order chi connectivity index (χ1) is 6.78. The fourth-order valence-corrected chi connectivity index (χ4v) is 2.67. The van der Waals surface area contributed by atoms with Crippen molar-refractivity contribution in [3.8, 4) is 0 Å². The summed E-state index contributed by atoms with van der Waals surface area (Å²) < 4.78 is 5.62. The van der Waals surface area contributed by atoms with Gasteiger partial charge in [0.25, 0.3) is 0 Å². The Labute approximate surface area is 85.5 Å². The summed E-state index contributed by atoms with van der Waals surface area (Å²) in [5, 5.41) is 0. The number of rotatable bonds is 2. The molecule has 1 aromatic rings. The van der Waals surface area contributed by atoms with Crippen molar-refractivity contribution in [1.82, 2.24) is 0 Å². The summed E-state index contributed by atoms with van der Waals surface area (Å²) in [6, 6.07) is 2.04. The standard InChI is InChI=1S/C12H19NO/c1-10-5-8-14-11(10)12(9-13)6-3-2-4-7-12/h5,8H,2-4,6-7,9,13H2,1H3. The van der Waals surface area contributed by atoms with E-state index in [1.54, 1.807) is 6.26 Å². The van der Waals surface area contributed by atoms with Crippen LogP contribution < -0.4 is 5.73 Å². The maximum Gasteiger partial charge on any atom is 0.114 e. The molecule has 1 aliphatic carbocycles. The Morgan fingerprint density at radius 3 is 2.57 bits per heavy atom. The van der Waals surface area contributed by atoms with Gasteiger partial charge in [-0.25, -0.2) is 0 Å². The summed E-state index contributed by atoms with van der Waals surface area (Å²) in [6.45, 7) is 2.84. The fraction of sp³-hybridized carbons (Fsp3) is 0.667. The van der Waals surface area contributed by atoms with Crippen molar-refractivity contribution >= 4 is 0 Å². The van der Waals surface area contributed by atoms with Crippen LogP contribution in [-0.2, 0) is 5.41 Å². The van der Waals surface area contributed by atoms with Crippen LogP contribution in [0.4, 0.5) is 0 Å². The molecule has 0 unspecified atom stereocenters. The minimum atomic E-state index is 0.145. The Bertz CT molecular complexity index is 297. The molecular weight excluding hydrogens is 174 g/mol. The number of hydrogen-bond acceptors (Lipinski definition) is 2. The van der Waals surface area contributed by atoms with E-state index in [4.69, 9.17) is 10.2 Å². The quantitative estimate of drug-likeness (QED) is 0.784. The summed E-state index contributed by atoms with van der Waals surface area (Å²) in [5.41, 5.74) is 7.34. The van der Waals surface area contributed by atoms with Crippen LogP contribution in [0.1, 0.15) is 43.4 Å². The molecule has 14 heavy (non-hydrogen) atoms. The molecule has 2 heteroatoms. The lowest BCUT2D eigenvalue weighted by Crippen LogP contribution is -2.37. The average Bonchev–Trinajstić information content (AvgIpc) is 2.66. The van der Waals surface area contributed by atoms with Gasteiger partial charge in [0.1, 0.15) is 5.76 Å². The molecular formula is C12H19NO. The molecule has 2 N–H and O–H groups in total. The van der Waals surface area contributed by atoms with Crippen LogP contribution in [0.5, 0.6) is 0 Å². The van der Waals surface area contributed by atoms with E-state index < -0.39 is 0 Å². The van der Waals surface area contributed by atoms with Gasteiger partial charge in [0, 0.05) is 12.0 Å². The molecule has 78 valence electrons. The zero-order valence-electron chi connectivity index (χ0n) is 8.88. The number of hydrogen-bond donors (Lipinski definition) is 1. The second-order valence-electron chi connectivity index (χ2n) is 4.48. The van der Waals surface area contributed by atoms with Gasteiger partial charge >= 0.3 is 0 Å². The topological polar surface area (TPSA) is 39.2 Å². The van der Waals surface area contributed by atoms with Crippen LogP contribution in [0.15, 0.2) is 16.7 Å². The SMILES string of the molecule is Cc1ccoc1C1(CN)CCCCC1. The van der Waals surface area contributed by atoms with Gasteiger partial charge in [-0.2, -0.15) is 0 Å². The van der Waals surface area contributed by atoms with Gasteiger partial charge in [-0.3, -0.25) is 0 Å². The van der Waals surface area contributed by atoms with Crippen LogP contribution in [0.2, 0.25) is 0 Å². The van der Waals surface area contributed by atoms with E-state index in [1.165, 1.54) is 37.7 Å². The molecule has 1 saturated carbocycles. The van der Waals surface area contributed by atoms with Crippen LogP contribution >= 0.6 is 0 Å². The molecule has 1 aromatic heterocycles. The number of nitrogens with two attached hydrogens (primary N) is 1. The monoisotopic (exact) mass is 193 g/mol. The lowest BCUT2D eigenvalue weighted by molar-refractivity contribution is 0.250. The summed E-state index contributed by atoms with van der Waals surface area (Å²) in [6.07, 6.45) is 8.10. The summed E-state index contributed by atoms with van der Waals surface area (Å²) in [7, 11) is 0. The van der Waals surface area contributed by atoms with Gasteiger partial charge in [-0.05, 0) is 31.4 Å². The van der Waals surface area contributed by atoms with E-state index in [1.807, 2.05) is 6.07 Å². The van der Waals surface area contributed by atoms with Gasteiger partial charge in [0.2, 0.25) is 0 Å². The molecule has 0 aromatic carbocycles. The highest BCUT2D eigenvalue weighted by Crippen LogP contribution is 2.40. The van der Waals surface area contributed by atoms with Crippen molar-refractivity contribution in [3.63, 3.8) is 0 Å². The second-order valence-corrected chi connectivity index (χ2v) is 4.48. The predicted molar refractivity (Wildman–Crippen MR) is 57.3 cm³/mol. The zero-order valence-corrected chi connectivity index (χ0v) is 8.88. The molecule has 0 saturated heterocycles. The molecule has 1 aliphatic rings. The molecule has 0 radical (unpaired) electrons. The minimum absolute atomic E-state index is 0.145. The van der Waals surface area contributed by atoms with Gasteiger partial charge in [0.05, 0.1) is 6.26 Å². The van der Waals surface area contributed by atoms with Gasteiger partial charge < -0.3 is 10.2 Å². The molecule has 0 amide bonds. The molecule has 2 rings (SSSR count). The first-order valence-electron chi connectivity index (χ1n) is 5.53. The maximum atomic E-state index is 5.94. The third-order valence-corrected chi connectivity index (χ3v) is 3.55. The lowest BCUT2D eigenvalue weighted by atomic mass is 9.71. The van der Waals surface area contributed by atoms with E-state index in [0.29, 0.717) is 0 Å². The third kappa shape index (κ3) is 1.48. The Morgan fingerprint density at radius 1 is 1.36 bits per heavy atom. The van der Waals surface area contributed by atoms with Crippen molar-refractivity contribution in [2.75, 3.05) is 6.54 Å². The normalized spacial score (nSPS) is 21.0. The fourth-order valence-electron chi connectivity index (χ4n) is 2.67.